The summed E-state index contributed by atoms with van der Waals surface area (Å²) in [5.74, 6) is 2.40. The summed E-state index contributed by atoms with van der Waals surface area (Å²) in [6, 6.07) is 4.33. The molecule has 0 bridgehead atoms. The summed E-state index contributed by atoms with van der Waals surface area (Å²) >= 11 is 0. The highest BCUT2D eigenvalue weighted by Crippen LogP contribution is 2.28. The van der Waals surface area contributed by atoms with Crippen LogP contribution in [0.1, 0.15) is 13.3 Å². The fourth-order valence-electron chi connectivity index (χ4n) is 1.66. The Morgan fingerprint density at radius 1 is 1.61 bits per heavy atom. The van der Waals surface area contributed by atoms with Gasteiger partial charge in [-0.25, -0.2) is 0 Å². The van der Waals surface area contributed by atoms with Crippen LogP contribution in [-0.2, 0) is 0 Å². The van der Waals surface area contributed by atoms with Gasteiger partial charge in [-0.2, -0.15) is 0 Å². The number of hydrogen-bond donors (Lipinski definition) is 2. The van der Waals surface area contributed by atoms with Crippen LogP contribution in [0, 0.1) is 5.92 Å². The van der Waals surface area contributed by atoms with Gasteiger partial charge in [-0.1, -0.05) is 6.92 Å². The van der Waals surface area contributed by atoms with Crippen molar-refractivity contribution in [3.05, 3.63) is 24.5 Å². The molecule has 0 spiro atoms. The molecule has 1 fully saturated rings. The van der Waals surface area contributed by atoms with Crippen molar-refractivity contribution in [1.82, 2.24) is 15.6 Å². The summed E-state index contributed by atoms with van der Waals surface area (Å²) in [4.78, 5) is 8.16. The second kappa shape index (κ2) is 6.23. The average Bonchev–Trinajstić information content (AvgIpc) is 3.10. The molecule has 2 unspecified atom stereocenters. The number of nitrogens with one attached hydrogen (secondary N) is 2. The second-order valence-electron chi connectivity index (χ2n) is 4.50. The first-order valence-electron chi connectivity index (χ1n) is 6.29. The number of hydrogen-bond acceptors (Lipinski definition) is 3. The minimum atomic E-state index is 0.579. The molecule has 0 aromatic carbocycles. The van der Waals surface area contributed by atoms with Crippen LogP contribution in [0.5, 0.6) is 5.75 Å². The molecule has 0 radical (unpaired) electrons. The third kappa shape index (κ3) is 3.91. The summed E-state index contributed by atoms with van der Waals surface area (Å²) in [6.07, 6.45) is 4.67. The van der Waals surface area contributed by atoms with Crippen LogP contribution in [0.15, 0.2) is 29.5 Å². The molecule has 1 aromatic heterocycles. The number of pyridine rings is 1. The lowest BCUT2D eigenvalue weighted by Gasteiger charge is -2.12. The molecule has 0 aliphatic heterocycles. The molecule has 1 aliphatic carbocycles. The van der Waals surface area contributed by atoms with Crippen LogP contribution in [0.2, 0.25) is 0 Å². The Bertz CT molecular complexity index is 393. The summed E-state index contributed by atoms with van der Waals surface area (Å²) in [5, 5.41) is 6.59. The van der Waals surface area contributed by atoms with E-state index in [2.05, 4.69) is 27.5 Å². The van der Waals surface area contributed by atoms with Gasteiger partial charge in [0.2, 0.25) is 0 Å². The molecular formula is C13H20N4O. The van der Waals surface area contributed by atoms with Crippen LogP contribution < -0.4 is 15.4 Å². The van der Waals surface area contributed by atoms with Crippen molar-refractivity contribution < 1.29 is 4.74 Å². The smallest absolute Gasteiger partial charge is 0.191 e. The normalized spacial score (nSPS) is 22.4. The van der Waals surface area contributed by atoms with E-state index in [9.17, 15) is 0 Å². The first-order valence-corrected chi connectivity index (χ1v) is 6.29. The van der Waals surface area contributed by atoms with Gasteiger partial charge in [0.05, 0.1) is 12.7 Å². The van der Waals surface area contributed by atoms with Crippen LogP contribution in [-0.4, -0.2) is 37.2 Å². The quantitative estimate of drug-likeness (QED) is 0.464. The highest BCUT2D eigenvalue weighted by Gasteiger charge is 2.33. The summed E-state index contributed by atoms with van der Waals surface area (Å²) in [5.41, 5.74) is 0. The molecule has 1 aromatic rings. The molecule has 2 N–H and O–H groups in total. The van der Waals surface area contributed by atoms with E-state index in [0.29, 0.717) is 12.6 Å². The van der Waals surface area contributed by atoms with Gasteiger partial charge in [0, 0.05) is 19.3 Å². The van der Waals surface area contributed by atoms with Crippen molar-refractivity contribution in [2.24, 2.45) is 10.9 Å². The van der Waals surface area contributed by atoms with Crippen molar-refractivity contribution in [2.75, 3.05) is 20.2 Å². The van der Waals surface area contributed by atoms with Crippen molar-refractivity contribution in [2.45, 2.75) is 19.4 Å². The maximum absolute atomic E-state index is 5.53. The number of ether oxygens (including phenoxy) is 1. The molecule has 2 atom stereocenters. The molecule has 98 valence electrons. The highest BCUT2D eigenvalue weighted by atomic mass is 16.5. The largest absolute Gasteiger partial charge is 0.490 e. The number of nitrogens with zero attached hydrogens (tertiary/aromatic N) is 2. The van der Waals surface area contributed by atoms with Crippen LogP contribution in [0.4, 0.5) is 0 Å². The third-order valence-corrected chi connectivity index (χ3v) is 2.95. The second-order valence-corrected chi connectivity index (χ2v) is 4.50. The van der Waals surface area contributed by atoms with Crippen molar-refractivity contribution in [1.29, 1.82) is 0 Å². The topological polar surface area (TPSA) is 58.5 Å². The fraction of sp³-hybridized carbons (Fsp3) is 0.538. The third-order valence-electron chi connectivity index (χ3n) is 2.95. The van der Waals surface area contributed by atoms with Gasteiger partial charge in [-0.3, -0.25) is 9.98 Å². The molecule has 1 aliphatic rings. The monoisotopic (exact) mass is 248 g/mol. The SMILES string of the molecule is CN=C(NCCOc1cccnc1)NC1CC1C. The lowest BCUT2D eigenvalue weighted by atomic mass is 10.5. The first-order chi connectivity index (χ1) is 8.79. The summed E-state index contributed by atoms with van der Waals surface area (Å²) < 4.78 is 5.53. The molecule has 5 heteroatoms. The maximum Gasteiger partial charge on any atom is 0.191 e. The van der Waals surface area contributed by atoms with Crippen LogP contribution >= 0.6 is 0 Å². The van der Waals surface area contributed by atoms with Gasteiger partial charge in [0.1, 0.15) is 12.4 Å². The minimum Gasteiger partial charge on any atom is -0.490 e. The van der Waals surface area contributed by atoms with Gasteiger partial charge in [-0.05, 0) is 24.5 Å². The van der Waals surface area contributed by atoms with Gasteiger partial charge in [0.15, 0.2) is 5.96 Å². The van der Waals surface area contributed by atoms with Crippen LogP contribution in [0.3, 0.4) is 0 Å². The molecule has 5 nitrogen and oxygen atoms in total. The Labute approximate surface area is 108 Å². The van der Waals surface area contributed by atoms with E-state index in [4.69, 9.17) is 4.74 Å². The highest BCUT2D eigenvalue weighted by molar-refractivity contribution is 5.80. The number of aliphatic imine (C=N–C) groups is 1. The van der Waals surface area contributed by atoms with Gasteiger partial charge in [0.25, 0.3) is 0 Å². The Morgan fingerprint density at radius 3 is 3.06 bits per heavy atom. The summed E-state index contributed by atoms with van der Waals surface area (Å²) in [7, 11) is 1.78. The zero-order valence-electron chi connectivity index (χ0n) is 10.9. The predicted molar refractivity (Wildman–Crippen MR) is 71.8 cm³/mol. The molecule has 0 saturated heterocycles. The Morgan fingerprint density at radius 2 is 2.44 bits per heavy atom. The molecule has 1 heterocycles. The van der Waals surface area contributed by atoms with E-state index >= 15 is 0 Å². The average molecular weight is 248 g/mol. The van der Waals surface area contributed by atoms with Crippen molar-refractivity contribution in [3.63, 3.8) is 0 Å². The van der Waals surface area contributed by atoms with E-state index in [1.165, 1.54) is 6.42 Å². The van der Waals surface area contributed by atoms with E-state index in [1.54, 1.807) is 19.4 Å². The van der Waals surface area contributed by atoms with E-state index < -0.39 is 0 Å². The van der Waals surface area contributed by atoms with Gasteiger partial charge >= 0.3 is 0 Å². The Hall–Kier alpha value is -1.78. The lowest BCUT2D eigenvalue weighted by Crippen LogP contribution is -2.40. The van der Waals surface area contributed by atoms with Crippen molar-refractivity contribution >= 4 is 5.96 Å². The molecule has 2 rings (SSSR count). The number of rotatable bonds is 5. The van der Waals surface area contributed by atoms with E-state index in [0.717, 1.165) is 24.2 Å². The van der Waals surface area contributed by atoms with Gasteiger partial charge in [-0.15, -0.1) is 0 Å². The number of guanidine groups is 1. The van der Waals surface area contributed by atoms with E-state index in [1.807, 2.05) is 12.1 Å². The zero-order chi connectivity index (χ0) is 12.8. The zero-order valence-corrected chi connectivity index (χ0v) is 10.9. The first kappa shape index (κ1) is 12.7. The maximum atomic E-state index is 5.53. The standard InChI is InChI=1S/C13H20N4O/c1-10-8-12(10)17-13(14-2)16-6-7-18-11-4-3-5-15-9-11/h3-5,9-10,12H,6-8H2,1-2H3,(H2,14,16,17). The molecular weight excluding hydrogens is 228 g/mol. The molecule has 0 amide bonds. The van der Waals surface area contributed by atoms with E-state index in [-0.39, 0.29) is 0 Å². The van der Waals surface area contributed by atoms with Gasteiger partial charge < -0.3 is 15.4 Å². The summed E-state index contributed by atoms with van der Waals surface area (Å²) in [6.45, 7) is 3.54. The lowest BCUT2D eigenvalue weighted by molar-refractivity contribution is 0.320. The Kier molecular flexibility index (Phi) is 4.39. The predicted octanol–water partition coefficient (Wildman–Crippen LogP) is 1.03. The fourth-order valence-corrected chi connectivity index (χ4v) is 1.66. The molecule has 18 heavy (non-hydrogen) atoms. The number of aromatic nitrogens is 1. The van der Waals surface area contributed by atoms with Crippen LogP contribution in [0.25, 0.3) is 0 Å². The van der Waals surface area contributed by atoms with Crippen molar-refractivity contribution in [3.8, 4) is 5.75 Å². The Balaban J connectivity index is 1.62. The minimum absolute atomic E-state index is 0.579. The molecule has 1 saturated carbocycles.